The summed E-state index contributed by atoms with van der Waals surface area (Å²) in [6.45, 7) is 15.9. The minimum atomic E-state index is 1.12. The molecule has 0 radical (unpaired) electrons. The lowest BCUT2D eigenvalue weighted by atomic mass is 9.89. The monoisotopic (exact) mass is 498 g/mol. The van der Waals surface area contributed by atoms with E-state index < -0.39 is 0 Å². The second-order valence-corrected chi connectivity index (χ2v) is 10.4. The molecule has 0 unspecified atom stereocenters. The van der Waals surface area contributed by atoms with Gasteiger partial charge in [0.25, 0.3) is 0 Å². The highest BCUT2D eigenvalue weighted by Gasteiger charge is 2.20. The van der Waals surface area contributed by atoms with Crippen molar-refractivity contribution in [1.29, 1.82) is 0 Å². The first kappa shape index (κ1) is 28.8. The van der Waals surface area contributed by atoms with Crippen LogP contribution in [0.2, 0.25) is 0 Å². The third kappa shape index (κ3) is 7.63. The molecule has 0 aliphatic rings. The summed E-state index contributed by atoms with van der Waals surface area (Å²) < 4.78 is 0. The number of aryl methyl sites for hydroxylation is 1. The van der Waals surface area contributed by atoms with E-state index in [1.165, 1.54) is 90.6 Å². The highest BCUT2D eigenvalue weighted by Crippen LogP contribution is 2.43. The number of anilines is 2. The van der Waals surface area contributed by atoms with Crippen LogP contribution in [0.25, 0.3) is 22.3 Å². The van der Waals surface area contributed by atoms with Crippen molar-refractivity contribution in [2.45, 2.75) is 86.0 Å². The van der Waals surface area contributed by atoms with Gasteiger partial charge in [0, 0.05) is 48.7 Å². The first-order valence-electron chi connectivity index (χ1n) is 14.9. The number of rotatable bonds is 16. The minimum absolute atomic E-state index is 1.12. The molecule has 200 valence electrons. The molecule has 0 heterocycles. The van der Waals surface area contributed by atoms with E-state index in [4.69, 9.17) is 0 Å². The molecule has 0 aromatic heterocycles. The fourth-order valence-electron chi connectivity index (χ4n) is 5.29. The van der Waals surface area contributed by atoms with Crippen LogP contribution in [0.3, 0.4) is 0 Å². The normalized spacial score (nSPS) is 11.1. The summed E-state index contributed by atoms with van der Waals surface area (Å²) in [6, 6.07) is 25.1. The Morgan fingerprint density at radius 3 is 1.35 bits per heavy atom. The fraction of sp³-hybridized carbons (Fsp3) is 0.486. The van der Waals surface area contributed by atoms with E-state index in [0.717, 1.165) is 26.2 Å². The molecule has 37 heavy (non-hydrogen) atoms. The lowest BCUT2D eigenvalue weighted by molar-refractivity contribution is 0.678. The van der Waals surface area contributed by atoms with Crippen LogP contribution in [0.1, 0.15) is 84.6 Å². The Morgan fingerprint density at radius 2 is 0.865 bits per heavy atom. The van der Waals surface area contributed by atoms with E-state index in [0.29, 0.717) is 0 Å². The summed E-state index contributed by atoms with van der Waals surface area (Å²) in [5, 5.41) is 0. The van der Waals surface area contributed by atoms with Crippen LogP contribution in [0.4, 0.5) is 11.4 Å². The van der Waals surface area contributed by atoms with Crippen LogP contribution in [-0.4, -0.2) is 26.2 Å². The first-order valence-corrected chi connectivity index (χ1v) is 14.9. The van der Waals surface area contributed by atoms with Gasteiger partial charge in [0.15, 0.2) is 0 Å². The summed E-state index contributed by atoms with van der Waals surface area (Å²) in [5.74, 6) is 0. The van der Waals surface area contributed by atoms with E-state index in [1.807, 2.05) is 0 Å². The van der Waals surface area contributed by atoms with Crippen molar-refractivity contribution < 1.29 is 0 Å². The van der Waals surface area contributed by atoms with Gasteiger partial charge in [-0.25, -0.2) is 0 Å². The molecule has 0 atom stereocenters. The van der Waals surface area contributed by atoms with Gasteiger partial charge in [-0.2, -0.15) is 0 Å². The van der Waals surface area contributed by atoms with Gasteiger partial charge >= 0.3 is 0 Å². The second kappa shape index (κ2) is 15.5. The van der Waals surface area contributed by atoms with Crippen molar-refractivity contribution >= 4 is 11.4 Å². The van der Waals surface area contributed by atoms with Crippen LogP contribution in [-0.2, 0) is 0 Å². The van der Waals surface area contributed by atoms with Crippen molar-refractivity contribution in [2.24, 2.45) is 0 Å². The summed E-state index contributed by atoms with van der Waals surface area (Å²) >= 11 is 0. The van der Waals surface area contributed by atoms with Gasteiger partial charge in [-0.05, 0) is 61.4 Å². The van der Waals surface area contributed by atoms with Crippen molar-refractivity contribution in [3.8, 4) is 22.3 Å². The molecule has 0 saturated heterocycles. The SMILES string of the molecule is CCCCN(CCCC)c1ccccc1-c1cccc(C)c1-c1ccccc1N(CCCC)CCCC. The molecule has 0 aliphatic carbocycles. The number of benzene rings is 3. The van der Waals surface area contributed by atoms with Gasteiger partial charge < -0.3 is 9.80 Å². The van der Waals surface area contributed by atoms with Crippen molar-refractivity contribution in [3.63, 3.8) is 0 Å². The maximum absolute atomic E-state index is 2.64. The van der Waals surface area contributed by atoms with Gasteiger partial charge in [-0.15, -0.1) is 0 Å². The molecule has 0 N–H and O–H groups in total. The van der Waals surface area contributed by atoms with E-state index in [-0.39, 0.29) is 0 Å². The zero-order valence-electron chi connectivity index (χ0n) is 24.2. The van der Waals surface area contributed by atoms with Gasteiger partial charge in [0.2, 0.25) is 0 Å². The number of hydrogen-bond donors (Lipinski definition) is 0. The average Bonchev–Trinajstić information content (AvgIpc) is 2.93. The predicted octanol–water partition coefficient (Wildman–Crippen LogP) is 10.1. The molecule has 0 bridgehead atoms. The molecule has 0 aliphatic heterocycles. The topological polar surface area (TPSA) is 6.48 Å². The Balaban J connectivity index is 2.16. The molecule has 0 spiro atoms. The molecule has 3 aromatic carbocycles. The second-order valence-electron chi connectivity index (χ2n) is 10.4. The first-order chi connectivity index (χ1) is 18.2. The number of unbranched alkanes of at least 4 members (excludes halogenated alkanes) is 4. The Labute approximate surface area is 227 Å². The molecule has 3 rings (SSSR count). The Hall–Kier alpha value is -2.74. The fourth-order valence-corrected chi connectivity index (χ4v) is 5.29. The smallest absolute Gasteiger partial charge is 0.0446 e. The van der Waals surface area contributed by atoms with Gasteiger partial charge in [0.1, 0.15) is 0 Å². The van der Waals surface area contributed by atoms with Crippen LogP contribution in [0, 0.1) is 6.92 Å². The summed E-state index contributed by atoms with van der Waals surface area (Å²) in [6.07, 6.45) is 9.80. The quantitative estimate of drug-likeness (QED) is 0.194. The van der Waals surface area contributed by atoms with Gasteiger partial charge in [-0.1, -0.05) is 108 Å². The lowest BCUT2D eigenvalue weighted by Gasteiger charge is -2.30. The standard InChI is InChI=1S/C35H50N2/c1-6-10-25-36(26-11-7-2)33-23-16-14-20-30(33)31-22-18-19-29(5)35(31)32-21-15-17-24-34(32)37(27-12-8-3)28-13-9-4/h14-24H,6-13,25-28H2,1-5H3. The van der Waals surface area contributed by atoms with E-state index >= 15 is 0 Å². The average molecular weight is 499 g/mol. The Bertz CT molecular complexity index is 1050. The van der Waals surface area contributed by atoms with Crippen molar-refractivity contribution in [1.82, 2.24) is 0 Å². The molecule has 0 saturated carbocycles. The van der Waals surface area contributed by atoms with E-state index in [1.54, 1.807) is 0 Å². The van der Waals surface area contributed by atoms with Gasteiger partial charge in [0.05, 0.1) is 0 Å². The Morgan fingerprint density at radius 1 is 0.459 bits per heavy atom. The minimum Gasteiger partial charge on any atom is -0.371 e. The van der Waals surface area contributed by atoms with Crippen LogP contribution in [0.15, 0.2) is 66.7 Å². The van der Waals surface area contributed by atoms with Crippen molar-refractivity contribution in [3.05, 3.63) is 72.3 Å². The molecule has 0 fully saturated rings. The largest absolute Gasteiger partial charge is 0.371 e. The summed E-state index contributed by atoms with van der Waals surface area (Å²) in [7, 11) is 0. The van der Waals surface area contributed by atoms with Crippen molar-refractivity contribution in [2.75, 3.05) is 36.0 Å². The summed E-state index contributed by atoms with van der Waals surface area (Å²) in [4.78, 5) is 5.27. The maximum Gasteiger partial charge on any atom is 0.0446 e. The van der Waals surface area contributed by atoms with E-state index in [2.05, 4.69) is 111 Å². The number of hydrogen-bond acceptors (Lipinski definition) is 2. The molecular formula is C35H50N2. The number of nitrogens with zero attached hydrogens (tertiary/aromatic N) is 2. The highest BCUT2D eigenvalue weighted by molar-refractivity contribution is 5.95. The molecule has 2 nitrogen and oxygen atoms in total. The molecular weight excluding hydrogens is 448 g/mol. The number of para-hydroxylation sites is 2. The molecule has 0 amide bonds. The predicted molar refractivity (Wildman–Crippen MR) is 166 cm³/mol. The third-order valence-electron chi connectivity index (χ3n) is 7.45. The van der Waals surface area contributed by atoms with Crippen LogP contribution in [0.5, 0.6) is 0 Å². The van der Waals surface area contributed by atoms with E-state index in [9.17, 15) is 0 Å². The zero-order valence-corrected chi connectivity index (χ0v) is 24.2. The third-order valence-corrected chi connectivity index (χ3v) is 7.45. The Kier molecular flexibility index (Phi) is 12.1. The molecule has 3 aromatic rings. The van der Waals surface area contributed by atoms with Crippen LogP contribution >= 0.6 is 0 Å². The zero-order chi connectivity index (χ0) is 26.5. The summed E-state index contributed by atoms with van der Waals surface area (Å²) in [5.41, 5.74) is 9.57. The van der Waals surface area contributed by atoms with Gasteiger partial charge in [-0.3, -0.25) is 0 Å². The highest BCUT2D eigenvalue weighted by atomic mass is 15.1. The maximum atomic E-state index is 2.64. The lowest BCUT2D eigenvalue weighted by Crippen LogP contribution is -2.26. The van der Waals surface area contributed by atoms with Crippen LogP contribution < -0.4 is 9.80 Å². The molecule has 2 heteroatoms.